The highest BCUT2D eigenvalue weighted by Crippen LogP contribution is 2.51. The molecule has 0 bridgehead atoms. The van der Waals surface area contributed by atoms with Crippen LogP contribution in [0.2, 0.25) is 0 Å². The van der Waals surface area contributed by atoms with Crippen molar-refractivity contribution in [3.63, 3.8) is 0 Å². The first-order valence-corrected chi connectivity index (χ1v) is 8.71. The fraction of sp³-hybridized carbons (Fsp3) is 0.647. The van der Waals surface area contributed by atoms with Gasteiger partial charge in [0.15, 0.2) is 0 Å². The average Bonchev–Trinajstić information content (AvgIpc) is 2.95. The molecule has 0 aromatic carbocycles. The van der Waals surface area contributed by atoms with Crippen LogP contribution in [-0.2, 0) is 20.9 Å². The van der Waals surface area contributed by atoms with Gasteiger partial charge in [-0.05, 0) is 25.8 Å². The van der Waals surface area contributed by atoms with Crippen LogP contribution in [0.15, 0.2) is 18.5 Å². The largest absolute Gasteiger partial charge is 0.481 e. The summed E-state index contributed by atoms with van der Waals surface area (Å²) in [5.74, 6) is -1.78. The molecular weight excluding hydrogens is 324 g/mol. The fourth-order valence-corrected chi connectivity index (χ4v) is 4.36. The number of hydrogen-bond acceptors (Lipinski definition) is 4. The minimum absolute atomic E-state index is 0.0335. The Morgan fingerprint density at radius 2 is 2.12 bits per heavy atom. The number of amides is 2. The topological polar surface area (TPSA) is 95.7 Å². The van der Waals surface area contributed by atoms with Gasteiger partial charge in [-0.15, -0.1) is 0 Å². The van der Waals surface area contributed by atoms with Crippen LogP contribution in [0.5, 0.6) is 0 Å². The fourth-order valence-electron chi connectivity index (χ4n) is 4.36. The van der Waals surface area contributed by atoms with E-state index in [4.69, 9.17) is 0 Å². The van der Waals surface area contributed by atoms with E-state index in [0.29, 0.717) is 13.1 Å². The zero-order chi connectivity index (χ0) is 17.8. The van der Waals surface area contributed by atoms with Crippen molar-refractivity contribution < 1.29 is 19.5 Å². The highest BCUT2D eigenvalue weighted by molar-refractivity contribution is 5.95. The maximum atomic E-state index is 13.1. The molecule has 8 heteroatoms. The maximum absolute atomic E-state index is 13.1. The van der Waals surface area contributed by atoms with E-state index >= 15 is 0 Å². The third-order valence-electron chi connectivity index (χ3n) is 6.05. The number of rotatable bonds is 5. The second-order valence-corrected chi connectivity index (χ2v) is 7.54. The van der Waals surface area contributed by atoms with Crippen molar-refractivity contribution in [3.05, 3.63) is 18.5 Å². The van der Waals surface area contributed by atoms with E-state index in [9.17, 15) is 19.5 Å². The van der Waals surface area contributed by atoms with Crippen LogP contribution in [-0.4, -0.2) is 68.6 Å². The van der Waals surface area contributed by atoms with E-state index in [2.05, 4.69) is 5.10 Å². The zero-order valence-electron chi connectivity index (χ0n) is 14.2. The van der Waals surface area contributed by atoms with Gasteiger partial charge in [0.2, 0.25) is 11.8 Å². The first kappa shape index (κ1) is 16.1. The summed E-state index contributed by atoms with van der Waals surface area (Å²) < 4.78 is 1.75. The molecule has 1 N–H and O–H groups in total. The summed E-state index contributed by atoms with van der Waals surface area (Å²) >= 11 is 0. The highest BCUT2D eigenvalue weighted by Gasteiger charge is 2.64. The summed E-state index contributed by atoms with van der Waals surface area (Å²) in [6.07, 6.45) is 5.07. The Labute approximate surface area is 145 Å². The number of carbonyl (C=O) groups excluding carboxylic acids is 2. The van der Waals surface area contributed by atoms with Crippen LogP contribution in [0.25, 0.3) is 0 Å². The minimum Gasteiger partial charge on any atom is -0.481 e. The summed E-state index contributed by atoms with van der Waals surface area (Å²) in [5, 5.41) is 14.0. The molecule has 4 rings (SSSR count). The van der Waals surface area contributed by atoms with Gasteiger partial charge in [0.25, 0.3) is 0 Å². The predicted molar refractivity (Wildman–Crippen MR) is 86.3 cm³/mol. The average molecular weight is 346 g/mol. The van der Waals surface area contributed by atoms with E-state index in [-0.39, 0.29) is 31.4 Å². The molecule has 134 valence electrons. The predicted octanol–water partition coefficient (Wildman–Crippen LogP) is 0.0548. The summed E-state index contributed by atoms with van der Waals surface area (Å²) in [5.41, 5.74) is -1.65. The summed E-state index contributed by atoms with van der Waals surface area (Å²) in [7, 11) is 0. The van der Waals surface area contributed by atoms with Gasteiger partial charge >= 0.3 is 5.97 Å². The van der Waals surface area contributed by atoms with Crippen molar-refractivity contribution in [2.24, 2.45) is 16.7 Å². The number of carbonyl (C=O) groups is 3. The van der Waals surface area contributed by atoms with Gasteiger partial charge in [-0.3, -0.25) is 19.1 Å². The molecule has 3 aliphatic rings. The first-order valence-electron chi connectivity index (χ1n) is 8.71. The molecule has 1 aliphatic carbocycles. The van der Waals surface area contributed by atoms with E-state index in [1.165, 1.54) is 0 Å². The van der Waals surface area contributed by atoms with E-state index in [0.717, 1.165) is 12.8 Å². The van der Waals surface area contributed by atoms with E-state index in [1.54, 1.807) is 20.7 Å². The first-order chi connectivity index (χ1) is 11.9. The van der Waals surface area contributed by atoms with Crippen molar-refractivity contribution in [3.8, 4) is 0 Å². The molecule has 2 saturated heterocycles. The van der Waals surface area contributed by atoms with Crippen molar-refractivity contribution in [2.75, 3.05) is 26.2 Å². The molecule has 1 aromatic rings. The maximum Gasteiger partial charge on any atom is 0.314 e. The number of aromatic nitrogens is 2. The third kappa shape index (κ3) is 2.26. The molecule has 2 amide bonds. The molecular formula is C17H22N4O4. The van der Waals surface area contributed by atoms with Crippen LogP contribution in [0.3, 0.4) is 0 Å². The standard InChI is InChI=1S/C17H22N4O4/c1-2-19-10-17(15(24)25)11-20(8-12(17)13(19)22)14(23)16(4-5-16)9-21-7-3-6-18-21/h3,6-7,12H,2,4-5,8-11H2,1H3,(H,24,25)/t12-,17+/m0/s1. The molecule has 8 nitrogen and oxygen atoms in total. The Morgan fingerprint density at radius 1 is 1.36 bits per heavy atom. The Hall–Kier alpha value is -2.38. The molecule has 3 fully saturated rings. The lowest BCUT2D eigenvalue weighted by atomic mass is 9.81. The lowest BCUT2D eigenvalue weighted by Gasteiger charge is -2.27. The van der Waals surface area contributed by atoms with Crippen molar-refractivity contribution >= 4 is 17.8 Å². The highest BCUT2D eigenvalue weighted by atomic mass is 16.4. The third-order valence-corrected chi connectivity index (χ3v) is 6.05. The van der Waals surface area contributed by atoms with E-state index in [1.807, 2.05) is 19.2 Å². The number of carboxylic acid groups (broad SMARTS) is 1. The Balaban J connectivity index is 1.55. The molecule has 1 aromatic heterocycles. The van der Waals surface area contributed by atoms with Gasteiger partial charge < -0.3 is 14.9 Å². The number of likely N-dealkylation sites (tertiary alicyclic amines) is 2. The second-order valence-electron chi connectivity index (χ2n) is 7.54. The van der Waals surface area contributed by atoms with Gasteiger partial charge in [0.1, 0.15) is 5.41 Å². The molecule has 2 atom stereocenters. The van der Waals surface area contributed by atoms with Crippen LogP contribution in [0.1, 0.15) is 19.8 Å². The molecule has 3 heterocycles. The Morgan fingerprint density at radius 3 is 2.64 bits per heavy atom. The molecule has 0 unspecified atom stereocenters. The summed E-state index contributed by atoms with van der Waals surface area (Å²) in [6.45, 7) is 3.38. The van der Waals surface area contributed by atoms with Gasteiger partial charge in [-0.1, -0.05) is 0 Å². The number of hydrogen-bond donors (Lipinski definition) is 1. The smallest absolute Gasteiger partial charge is 0.314 e. The van der Waals surface area contributed by atoms with Gasteiger partial charge in [-0.2, -0.15) is 5.10 Å². The molecule has 25 heavy (non-hydrogen) atoms. The molecule has 0 radical (unpaired) electrons. The monoisotopic (exact) mass is 346 g/mol. The minimum atomic E-state index is -1.16. The summed E-state index contributed by atoms with van der Waals surface area (Å²) in [6, 6.07) is 1.82. The van der Waals surface area contributed by atoms with Crippen LogP contribution in [0, 0.1) is 16.7 Å². The zero-order valence-corrected chi connectivity index (χ0v) is 14.2. The Bertz CT molecular complexity index is 727. The van der Waals surface area contributed by atoms with Crippen molar-refractivity contribution in [1.82, 2.24) is 19.6 Å². The number of carboxylic acids is 1. The Kier molecular flexibility index (Phi) is 3.42. The van der Waals surface area contributed by atoms with E-state index < -0.39 is 22.7 Å². The molecule has 0 spiro atoms. The number of fused-ring (bicyclic) bond motifs is 1. The van der Waals surface area contributed by atoms with Crippen molar-refractivity contribution in [1.29, 1.82) is 0 Å². The lowest BCUT2D eigenvalue weighted by Crippen LogP contribution is -2.44. The second kappa shape index (κ2) is 5.31. The van der Waals surface area contributed by atoms with Crippen LogP contribution >= 0.6 is 0 Å². The SMILES string of the molecule is CCN1C[C@@]2(C(=O)O)CN(C(=O)C3(Cn4cccn4)CC3)C[C@H]2C1=O. The van der Waals surface area contributed by atoms with Crippen LogP contribution < -0.4 is 0 Å². The molecule has 1 saturated carbocycles. The van der Waals surface area contributed by atoms with Gasteiger partial charge in [-0.25, -0.2) is 0 Å². The van der Waals surface area contributed by atoms with Gasteiger partial charge in [0, 0.05) is 38.6 Å². The number of nitrogens with zero attached hydrogens (tertiary/aromatic N) is 4. The molecule has 2 aliphatic heterocycles. The van der Waals surface area contributed by atoms with Gasteiger partial charge in [0.05, 0.1) is 17.9 Å². The normalized spacial score (nSPS) is 29.8. The lowest BCUT2D eigenvalue weighted by molar-refractivity contribution is -0.150. The van der Waals surface area contributed by atoms with Crippen molar-refractivity contribution in [2.45, 2.75) is 26.3 Å². The summed E-state index contributed by atoms with van der Waals surface area (Å²) in [4.78, 5) is 40.8. The number of aliphatic carboxylic acids is 1. The van der Waals surface area contributed by atoms with Crippen LogP contribution in [0.4, 0.5) is 0 Å². The quantitative estimate of drug-likeness (QED) is 0.813.